The van der Waals surface area contributed by atoms with Gasteiger partial charge in [-0.2, -0.15) is 0 Å². The highest BCUT2D eigenvalue weighted by molar-refractivity contribution is 7.79. The number of rotatable bonds is 5. The molecule has 1 aliphatic heterocycles. The molecule has 0 saturated heterocycles. The summed E-state index contributed by atoms with van der Waals surface area (Å²) in [5.74, 6) is 0.869. The highest BCUT2D eigenvalue weighted by atomic mass is 31.1. The van der Waals surface area contributed by atoms with Gasteiger partial charge in [0, 0.05) is 6.42 Å². The van der Waals surface area contributed by atoms with E-state index in [0.29, 0.717) is 6.61 Å². The lowest BCUT2D eigenvalue weighted by atomic mass is 9.88. The third-order valence-electron chi connectivity index (χ3n) is 5.31. The van der Waals surface area contributed by atoms with E-state index in [1.807, 2.05) is 0 Å². The molecule has 0 saturated carbocycles. The van der Waals surface area contributed by atoms with Crippen LogP contribution in [0.5, 0.6) is 0 Å². The first kappa shape index (κ1) is 19.9. The summed E-state index contributed by atoms with van der Waals surface area (Å²) in [7, 11) is -0.631. The second kappa shape index (κ2) is 8.51. The number of hydrogen-bond donors (Lipinski definition) is 0. The van der Waals surface area contributed by atoms with Crippen molar-refractivity contribution in [3.63, 3.8) is 0 Å². The van der Waals surface area contributed by atoms with Gasteiger partial charge in [0.05, 0.1) is 6.04 Å². The number of benzene rings is 3. The Labute approximate surface area is 175 Å². The zero-order valence-electron chi connectivity index (χ0n) is 17.4. The Morgan fingerprint density at radius 1 is 0.828 bits per heavy atom. The molecule has 0 aromatic heterocycles. The molecule has 0 N–H and O–H groups in total. The SMILES string of the molecule is CC(C)(C)[C@H]1COC(Cc2ccccc2P(c2ccccc2)c2ccccc2)=N1. The van der Waals surface area contributed by atoms with Gasteiger partial charge in [0.2, 0.25) is 0 Å². The normalized spacial score (nSPS) is 16.6. The van der Waals surface area contributed by atoms with E-state index in [0.717, 1.165) is 12.3 Å². The Kier molecular flexibility index (Phi) is 5.83. The van der Waals surface area contributed by atoms with Crippen LogP contribution in [-0.2, 0) is 11.2 Å². The van der Waals surface area contributed by atoms with Gasteiger partial charge in [-0.05, 0) is 34.8 Å². The third kappa shape index (κ3) is 4.60. The molecule has 2 nitrogen and oxygen atoms in total. The highest BCUT2D eigenvalue weighted by Crippen LogP contribution is 2.34. The zero-order valence-corrected chi connectivity index (χ0v) is 18.3. The molecule has 0 amide bonds. The summed E-state index contributed by atoms with van der Waals surface area (Å²) in [5.41, 5.74) is 1.43. The molecule has 4 rings (SSSR count). The Bertz CT molecular complexity index is 937. The predicted octanol–water partition coefficient (Wildman–Crippen LogP) is 4.83. The smallest absolute Gasteiger partial charge is 0.188 e. The van der Waals surface area contributed by atoms with Crippen LogP contribution in [0.2, 0.25) is 0 Å². The van der Waals surface area contributed by atoms with Gasteiger partial charge in [0.25, 0.3) is 0 Å². The van der Waals surface area contributed by atoms with Crippen LogP contribution in [0.3, 0.4) is 0 Å². The number of hydrogen-bond acceptors (Lipinski definition) is 2. The molecule has 1 heterocycles. The number of aliphatic imine (C=N–C) groups is 1. The molecule has 29 heavy (non-hydrogen) atoms. The lowest BCUT2D eigenvalue weighted by molar-refractivity contribution is 0.233. The largest absolute Gasteiger partial charge is 0.478 e. The van der Waals surface area contributed by atoms with E-state index < -0.39 is 7.92 Å². The van der Waals surface area contributed by atoms with Crippen molar-refractivity contribution in [2.75, 3.05) is 6.61 Å². The van der Waals surface area contributed by atoms with Gasteiger partial charge >= 0.3 is 0 Å². The van der Waals surface area contributed by atoms with Crippen molar-refractivity contribution in [3.05, 3.63) is 90.5 Å². The lowest BCUT2D eigenvalue weighted by Crippen LogP contribution is -2.25. The van der Waals surface area contributed by atoms with Crippen molar-refractivity contribution in [2.45, 2.75) is 33.2 Å². The Morgan fingerprint density at radius 3 is 1.93 bits per heavy atom. The number of nitrogens with zero attached hydrogens (tertiary/aromatic N) is 1. The second-order valence-electron chi connectivity index (χ2n) is 8.53. The van der Waals surface area contributed by atoms with Gasteiger partial charge in [-0.25, -0.2) is 4.99 Å². The fraction of sp³-hybridized carbons (Fsp3) is 0.269. The summed E-state index contributed by atoms with van der Waals surface area (Å²) >= 11 is 0. The summed E-state index contributed by atoms with van der Waals surface area (Å²) in [6.07, 6.45) is 0.751. The van der Waals surface area contributed by atoms with Crippen molar-refractivity contribution < 1.29 is 4.74 Å². The van der Waals surface area contributed by atoms with Gasteiger partial charge in [-0.3, -0.25) is 0 Å². The van der Waals surface area contributed by atoms with Crippen molar-refractivity contribution in [2.24, 2.45) is 10.4 Å². The molecular weight excluding hydrogens is 373 g/mol. The Morgan fingerprint density at radius 2 is 1.38 bits per heavy atom. The molecule has 3 aromatic rings. The molecule has 1 aliphatic rings. The quantitative estimate of drug-likeness (QED) is 0.561. The fourth-order valence-corrected chi connectivity index (χ4v) is 6.06. The molecule has 0 fully saturated rings. The van der Waals surface area contributed by atoms with Crippen LogP contribution in [0.1, 0.15) is 26.3 Å². The van der Waals surface area contributed by atoms with E-state index in [1.165, 1.54) is 21.5 Å². The van der Waals surface area contributed by atoms with E-state index in [4.69, 9.17) is 9.73 Å². The fourth-order valence-electron chi connectivity index (χ4n) is 3.59. The molecular formula is C26H28NOP. The summed E-state index contributed by atoms with van der Waals surface area (Å²) in [6, 6.07) is 30.7. The van der Waals surface area contributed by atoms with Crippen molar-refractivity contribution >= 4 is 29.7 Å². The molecule has 3 heteroatoms. The van der Waals surface area contributed by atoms with Gasteiger partial charge < -0.3 is 4.74 Å². The van der Waals surface area contributed by atoms with E-state index in [-0.39, 0.29) is 11.5 Å². The lowest BCUT2D eigenvalue weighted by Gasteiger charge is -2.22. The van der Waals surface area contributed by atoms with E-state index >= 15 is 0 Å². The average Bonchev–Trinajstić information content (AvgIpc) is 3.20. The molecule has 148 valence electrons. The first-order valence-electron chi connectivity index (χ1n) is 10.2. The Hall–Kier alpha value is -2.44. The summed E-state index contributed by atoms with van der Waals surface area (Å²) < 4.78 is 6.00. The van der Waals surface area contributed by atoms with E-state index in [9.17, 15) is 0 Å². The highest BCUT2D eigenvalue weighted by Gasteiger charge is 2.30. The maximum absolute atomic E-state index is 6.00. The molecule has 3 aromatic carbocycles. The maximum Gasteiger partial charge on any atom is 0.188 e. The van der Waals surface area contributed by atoms with Gasteiger partial charge in [0.1, 0.15) is 6.61 Å². The molecule has 0 radical (unpaired) electrons. The minimum atomic E-state index is -0.631. The van der Waals surface area contributed by atoms with Crippen LogP contribution >= 0.6 is 7.92 Å². The number of ether oxygens (including phenoxy) is 1. The van der Waals surface area contributed by atoms with Gasteiger partial charge in [-0.15, -0.1) is 0 Å². The van der Waals surface area contributed by atoms with Crippen LogP contribution in [0.15, 0.2) is 89.9 Å². The minimum Gasteiger partial charge on any atom is -0.478 e. The first-order chi connectivity index (χ1) is 14.0. The van der Waals surface area contributed by atoms with Crippen molar-refractivity contribution in [1.29, 1.82) is 0 Å². The van der Waals surface area contributed by atoms with Crippen LogP contribution in [0, 0.1) is 5.41 Å². The predicted molar refractivity (Wildman–Crippen MR) is 125 cm³/mol. The molecule has 0 bridgehead atoms. The van der Waals surface area contributed by atoms with Crippen LogP contribution in [-0.4, -0.2) is 18.5 Å². The topological polar surface area (TPSA) is 21.6 Å². The maximum atomic E-state index is 6.00. The standard InChI is InChI=1S/C26H28NOP/c1-26(2,3)24-19-28-25(27-24)18-20-12-10-11-17-23(20)29(21-13-6-4-7-14-21)22-15-8-5-9-16-22/h4-17,24H,18-19H2,1-3H3/t24-/m1/s1. The molecule has 0 aliphatic carbocycles. The summed E-state index contributed by atoms with van der Waals surface area (Å²) in [6.45, 7) is 7.37. The van der Waals surface area contributed by atoms with Crippen molar-refractivity contribution in [3.8, 4) is 0 Å². The zero-order chi connectivity index (χ0) is 20.3. The van der Waals surface area contributed by atoms with Gasteiger partial charge in [-0.1, -0.05) is 106 Å². The van der Waals surface area contributed by atoms with E-state index in [2.05, 4.69) is 106 Å². The molecule has 0 unspecified atom stereocenters. The average molecular weight is 401 g/mol. The summed E-state index contributed by atoms with van der Waals surface area (Å²) in [4.78, 5) is 4.90. The van der Waals surface area contributed by atoms with Crippen LogP contribution in [0.25, 0.3) is 0 Å². The van der Waals surface area contributed by atoms with Crippen LogP contribution in [0.4, 0.5) is 0 Å². The minimum absolute atomic E-state index is 0.127. The monoisotopic (exact) mass is 401 g/mol. The first-order valence-corrected chi connectivity index (χ1v) is 11.5. The molecule has 1 atom stereocenters. The summed E-state index contributed by atoms with van der Waals surface area (Å²) in [5, 5.41) is 4.11. The third-order valence-corrected chi connectivity index (χ3v) is 7.86. The molecule has 0 spiro atoms. The van der Waals surface area contributed by atoms with Crippen molar-refractivity contribution in [1.82, 2.24) is 0 Å². The second-order valence-corrected chi connectivity index (χ2v) is 10.7. The van der Waals surface area contributed by atoms with E-state index in [1.54, 1.807) is 0 Å². The Balaban J connectivity index is 1.72. The van der Waals surface area contributed by atoms with Gasteiger partial charge in [0.15, 0.2) is 5.90 Å². The van der Waals surface area contributed by atoms with Crippen LogP contribution < -0.4 is 15.9 Å².